The standard InChI is InChI=1S/C16H21BN6O5/c1-7(24)26-5-9-11(27-8(2)25)16(3,17)14(28-9)23-6-20-10-12(19-4)21-15(18)22-13(10)23/h6,9,11,14H,5H2,1-4H3,(H3,18,19,21,22)/t9?,11-,14?,16-/m1/s1. The largest absolute Gasteiger partial charge is 0.463 e. The van der Waals surface area contributed by atoms with Crippen LogP contribution in [-0.4, -0.2) is 65.2 Å². The van der Waals surface area contributed by atoms with Gasteiger partial charge in [-0.15, -0.1) is 0 Å². The van der Waals surface area contributed by atoms with Crippen molar-refractivity contribution < 1.29 is 23.8 Å². The molecule has 3 heterocycles. The Bertz CT molecular complexity index is 916. The van der Waals surface area contributed by atoms with Gasteiger partial charge in [-0.1, -0.05) is 6.92 Å². The second kappa shape index (κ2) is 7.26. The van der Waals surface area contributed by atoms with E-state index >= 15 is 0 Å². The first-order valence-corrected chi connectivity index (χ1v) is 8.57. The molecule has 4 atom stereocenters. The van der Waals surface area contributed by atoms with Crippen molar-refractivity contribution in [2.45, 2.75) is 44.5 Å². The molecular formula is C16H21BN6O5. The number of esters is 2. The van der Waals surface area contributed by atoms with E-state index in [1.807, 2.05) is 0 Å². The lowest BCUT2D eigenvalue weighted by Crippen LogP contribution is -2.38. The minimum absolute atomic E-state index is 0.0447. The summed E-state index contributed by atoms with van der Waals surface area (Å²) in [5.41, 5.74) is 6.67. The third-order valence-electron chi connectivity index (χ3n) is 4.46. The summed E-state index contributed by atoms with van der Waals surface area (Å²) in [6.45, 7) is 4.10. The second-order valence-electron chi connectivity index (χ2n) is 6.73. The van der Waals surface area contributed by atoms with Gasteiger partial charge in [0.1, 0.15) is 25.0 Å². The predicted molar refractivity (Wildman–Crippen MR) is 99.5 cm³/mol. The van der Waals surface area contributed by atoms with E-state index in [1.54, 1.807) is 18.5 Å². The number of fused-ring (bicyclic) bond motifs is 1. The predicted octanol–water partition coefficient (Wildman–Crippen LogP) is 0.189. The average Bonchev–Trinajstić information content (AvgIpc) is 3.11. The van der Waals surface area contributed by atoms with Crippen LogP contribution in [0.3, 0.4) is 0 Å². The Hall–Kier alpha value is -2.89. The lowest BCUT2D eigenvalue weighted by molar-refractivity contribution is -0.155. The number of nitrogen functional groups attached to an aromatic ring is 1. The number of carbonyl (C=O) groups is 2. The van der Waals surface area contributed by atoms with Crippen LogP contribution in [0.4, 0.5) is 11.8 Å². The molecule has 28 heavy (non-hydrogen) atoms. The molecule has 3 rings (SSSR count). The van der Waals surface area contributed by atoms with Gasteiger partial charge >= 0.3 is 11.9 Å². The van der Waals surface area contributed by atoms with Crippen molar-refractivity contribution in [2.75, 3.05) is 24.7 Å². The third-order valence-corrected chi connectivity index (χ3v) is 4.46. The Morgan fingerprint density at radius 1 is 1.39 bits per heavy atom. The fourth-order valence-corrected chi connectivity index (χ4v) is 3.28. The van der Waals surface area contributed by atoms with Crippen molar-refractivity contribution in [1.82, 2.24) is 19.5 Å². The Kier molecular flexibility index (Phi) is 5.15. The van der Waals surface area contributed by atoms with E-state index in [9.17, 15) is 9.59 Å². The van der Waals surface area contributed by atoms with Gasteiger partial charge in [-0.25, -0.2) is 4.98 Å². The average molecular weight is 388 g/mol. The first-order valence-electron chi connectivity index (χ1n) is 8.57. The van der Waals surface area contributed by atoms with Gasteiger partial charge in [0, 0.05) is 26.2 Å². The van der Waals surface area contributed by atoms with E-state index < -0.39 is 35.7 Å². The van der Waals surface area contributed by atoms with Crippen LogP contribution in [0.2, 0.25) is 5.31 Å². The van der Waals surface area contributed by atoms with Crippen molar-refractivity contribution in [3.05, 3.63) is 6.33 Å². The minimum atomic E-state index is -1.18. The molecule has 0 spiro atoms. The monoisotopic (exact) mass is 388 g/mol. The number of nitrogens with zero attached hydrogens (tertiary/aromatic N) is 4. The van der Waals surface area contributed by atoms with Crippen LogP contribution in [-0.2, 0) is 23.8 Å². The lowest BCUT2D eigenvalue weighted by Gasteiger charge is -2.31. The van der Waals surface area contributed by atoms with Gasteiger partial charge in [-0.05, 0) is 0 Å². The third kappa shape index (κ3) is 3.47. The van der Waals surface area contributed by atoms with Crippen molar-refractivity contribution in [3.8, 4) is 0 Å². The summed E-state index contributed by atoms with van der Waals surface area (Å²) in [6, 6.07) is 0. The van der Waals surface area contributed by atoms with Gasteiger partial charge < -0.3 is 25.3 Å². The highest BCUT2D eigenvalue weighted by Gasteiger charge is 2.53. The van der Waals surface area contributed by atoms with Gasteiger partial charge in [-0.3, -0.25) is 14.2 Å². The molecule has 0 saturated carbocycles. The fraction of sp³-hybridized carbons (Fsp3) is 0.562. The molecule has 1 saturated heterocycles. The van der Waals surface area contributed by atoms with E-state index in [-0.39, 0.29) is 12.6 Å². The molecule has 11 nitrogen and oxygen atoms in total. The summed E-state index contributed by atoms with van der Waals surface area (Å²) in [5.74, 6) is -0.521. The van der Waals surface area contributed by atoms with Crippen LogP contribution >= 0.6 is 0 Å². The maximum absolute atomic E-state index is 11.6. The highest BCUT2D eigenvalue weighted by molar-refractivity contribution is 6.16. The molecule has 2 aromatic heterocycles. The molecule has 0 bridgehead atoms. The van der Waals surface area contributed by atoms with Crippen LogP contribution in [0.1, 0.15) is 27.0 Å². The fourth-order valence-electron chi connectivity index (χ4n) is 3.28. The van der Waals surface area contributed by atoms with Crippen LogP contribution in [0.25, 0.3) is 11.2 Å². The van der Waals surface area contributed by atoms with Gasteiger partial charge in [0.2, 0.25) is 5.95 Å². The normalized spacial score (nSPS) is 26.9. The minimum Gasteiger partial charge on any atom is -0.463 e. The van der Waals surface area contributed by atoms with Gasteiger partial charge in [0.25, 0.3) is 0 Å². The topological polar surface area (TPSA) is 143 Å². The highest BCUT2D eigenvalue weighted by atomic mass is 16.6. The molecule has 3 N–H and O–H groups in total. The quantitative estimate of drug-likeness (QED) is 0.538. The lowest BCUT2D eigenvalue weighted by atomic mass is 9.65. The van der Waals surface area contributed by atoms with Crippen molar-refractivity contribution in [2.24, 2.45) is 0 Å². The Balaban J connectivity index is 2.03. The van der Waals surface area contributed by atoms with E-state index in [0.717, 1.165) is 0 Å². The number of carbonyl (C=O) groups excluding carboxylic acids is 2. The number of hydrogen-bond donors (Lipinski definition) is 2. The number of nitrogens with one attached hydrogen (secondary N) is 1. The molecule has 0 aromatic carbocycles. The van der Waals surface area contributed by atoms with Gasteiger partial charge in [0.15, 0.2) is 17.0 Å². The maximum atomic E-state index is 11.6. The summed E-state index contributed by atoms with van der Waals surface area (Å²) < 4.78 is 18.1. The van der Waals surface area contributed by atoms with E-state index in [0.29, 0.717) is 17.0 Å². The molecule has 1 aliphatic heterocycles. The molecule has 1 fully saturated rings. The SMILES string of the molecule is [B][C@@]1(C)C(n2cnc3c(NC)nc(N)nc32)OC(COC(C)=O)[C@H]1OC(C)=O. The summed E-state index contributed by atoms with van der Waals surface area (Å²) in [4.78, 5) is 35.5. The van der Waals surface area contributed by atoms with Crippen LogP contribution < -0.4 is 11.1 Å². The number of ether oxygens (including phenoxy) is 3. The molecule has 2 unspecified atom stereocenters. The number of aromatic nitrogens is 4. The van der Waals surface area contributed by atoms with Crippen molar-refractivity contribution in [1.29, 1.82) is 0 Å². The molecule has 12 heteroatoms. The summed E-state index contributed by atoms with van der Waals surface area (Å²) in [5, 5.41) is 1.73. The zero-order valence-electron chi connectivity index (χ0n) is 16.0. The number of nitrogens with two attached hydrogens (primary N) is 1. The van der Waals surface area contributed by atoms with E-state index in [1.165, 1.54) is 20.2 Å². The van der Waals surface area contributed by atoms with Gasteiger partial charge in [-0.2, -0.15) is 9.97 Å². The zero-order valence-corrected chi connectivity index (χ0v) is 16.0. The molecular weight excluding hydrogens is 367 g/mol. The molecule has 148 valence electrons. The van der Waals surface area contributed by atoms with Crippen LogP contribution in [0.15, 0.2) is 6.33 Å². The Morgan fingerprint density at radius 3 is 2.71 bits per heavy atom. The van der Waals surface area contributed by atoms with Crippen molar-refractivity contribution >= 4 is 42.7 Å². The first-order chi connectivity index (χ1) is 13.1. The summed E-state index contributed by atoms with van der Waals surface area (Å²) >= 11 is 0. The maximum Gasteiger partial charge on any atom is 0.302 e. The van der Waals surface area contributed by atoms with Gasteiger partial charge in [0.05, 0.1) is 14.2 Å². The number of rotatable bonds is 5. The molecule has 2 radical (unpaired) electrons. The molecule has 2 aromatic rings. The smallest absolute Gasteiger partial charge is 0.302 e. The number of anilines is 2. The molecule has 0 amide bonds. The first kappa shape index (κ1) is 19.9. The van der Waals surface area contributed by atoms with E-state index in [2.05, 4.69) is 20.3 Å². The highest BCUT2D eigenvalue weighted by Crippen LogP contribution is 2.51. The summed E-state index contributed by atoms with van der Waals surface area (Å²) in [6.07, 6.45) is -0.960. The Labute approximate surface area is 162 Å². The van der Waals surface area contributed by atoms with E-state index in [4.69, 9.17) is 27.8 Å². The number of hydrogen-bond acceptors (Lipinski definition) is 10. The van der Waals surface area contributed by atoms with Crippen molar-refractivity contribution in [3.63, 3.8) is 0 Å². The number of imidazole rings is 1. The molecule has 0 aliphatic carbocycles. The van der Waals surface area contributed by atoms with Crippen LogP contribution in [0.5, 0.6) is 0 Å². The second-order valence-corrected chi connectivity index (χ2v) is 6.73. The Morgan fingerprint density at radius 2 is 2.11 bits per heavy atom. The zero-order chi connectivity index (χ0) is 20.6. The van der Waals surface area contributed by atoms with Crippen LogP contribution in [0, 0.1) is 0 Å². The molecule has 1 aliphatic rings. The summed E-state index contributed by atoms with van der Waals surface area (Å²) in [7, 11) is 8.21.